The fourth-order valence-corrected chi connectivity index (χ4v) is 1.54. The summed E-state index contributed by atoms with van der Waals surface area (Å²) in [5, 5.41) is 3.40. The predicted octanol–water partition coefficient (Wildman–Crippen LogP) is 0.383. The number of benzene rings is 1. The van der Waals surface area contributed by atoms with Gasteiger partial charge in [0.25, 0.3) is 5.91 Å². The van der Waals surface area contributed by atoms with Crippen LogP contribution in [0.2, 0.25) is 0 Å². The summed E-state index contributed by atoms with van der Waals surface area (Å²) < 4.78 is 0. The van der Waals surface area contributed by atoms with Crippen LogP contribution in [-0.4, -0.2) is 23.3 Å². The van der Waals surface area contributed by atoms with Gasteiger partial charge in [-0.15, -0.1) is 0 Å². The monoisotopic (exact) mass is 217 g/mol. The van der Waals surface area contributed by atoms with Gasteiger partial charge in [-0.25, -0.2) is 0 Å². The van der Waals surface area contributed by atoms with Crippen LogP contribution in [0.3, 0.4) is 0 Å². The maximum Gasteiger partial charge on any atom is 0.253 e. The minimum Gasteiger partial charge on any atom is -0.368 e. The molecule has 1 heterocycles. The summed E-state index contributed by atoms with van der Waals surface area (Å²) in [4.78, 5) is 25.3. The molecule has 0 aliphatic carbocycles. The highest BCUT2D eigenvalue weighted by Crippen LogP contribution is 2.16. The van der Waals surface area contributed by atoms with E-state index in [1.54, 1.807) is 18.3 Å². The Hall–Kier alpha value is -2.30. The summed E-state index contributed by atoms with van der Waals surface area (Å²) in [6.45, 7) is -0.157. The van der Waals surface area contributed by atoms with Gasteiger partial charge in [0.05, 0.1) is 17.6 Å². The van der Waals surface area contributed by atoms with Crippen molar-refractivity contribution in [1.82, 2.24) is 10.3 Å². The van der Waals surface area contributed by atoms with E-state index >= 15 is 0 Å². The SMILES string of the molecule is NC(=O)CNC(=O)c1cccc2cc[nH]c12. The zero-order chi connectivity index (χ0) is 11.5. The number of fused-ring (bicyclic) bond motifs is 1. The van der Waals surface area contributed by atoms with Crippen molar-refractivity contribution in [2.75, 3.05) is 6.54 Å². The second-order valence-corrected chi connectivity index (χ2v) is 3.40. The molecule has 5 nitrogen and oxygen atoms in total. The number of hydrogen-bond acceptors (Lipinski definition) is 2. The lowest BCUT2D eigenvalue weighted by molar-refractivity contribution is -0.117. The van der Waals surface area contributed by atoms with Gasteiger partial charge in [-0.2, -0.15) is 0 Å². The van der Waals surface area contributed by atoms with Gasteiger partial charge in [0.1, 0.15) is 0 Å². The molecule has 0 aliphatic heterocycles. The van der Waals surface area contributed by atoms with Crippen molar-refractivity contribution in [3.63, 3.8) is 0 Å². The van der Waals surface area contributed by atoms with Crippen LogP contribution >= 0.6 is 0 Å². The molecule has 0 fully saturated rings. The highest BCUT2D eigenvalue weighted by atomic mass is 16.2. The van der Waals surface area contributed by atoms with E-state index in [0.29, 0.717) is 5.56 Å². The number of rotatable bonds is 3. The average Bonchev–Trinajstić information content (AvgIpc) is 2.73. The van der Waals surface area contributed by atoms with Crippen molar-refractivity contribution in [2.45, 2.75) is 0 Å². The molecule has 5 heteroatoms. The van der Waals surface area contributed by atoms with E-state index in [-0.39, 0.29) is 12.5 Å². The topological polar surface area (TPSA) is 88.0 Å². The van der Waals surface area contributed by atoms with Gasteiger partial charge in [-0.3, -0.25) is 9.59 Å². The molecule has 0 spiro atoms. The van der Waals surface area contributed by atoms with E-state index < -0.39 is 5.91 Å². The molecular weight excluding hydrogens is 206 g/mol. The second-order valence-electron chi connectivity index (χ2n) is 3.40. The third-order valence-corrected chi connectivity index (χ3v) is 2.26. The zero-order valence-electron chi connectivity index (χ0n) is 8.49. The number of amides is 2. The largest absolute Gasteiger partial charge is 0.368 e. The number of aromatic amines is 1. The number of nitrogens with two attached hydrogens (primary N) is 1. The van der Waals surface area contributed by atoms with Gasteiger partial charge in [0.2, 0.25) is 5.91 Å². The molecule has 0 bridgehead atoms. The minimum atomic E-state index is -0.563. The summed E-state index contributed by atoms with van der Waals surface area (Å²) in [6, 6.07) is 7.25. The average molecular weight is 217 g/mol. The fourth-order valence-electron chi connectivity index (χ4n) is 1.54. The van der Waals surface area contributed by atoms with Crippen LogP contribution in [0, 0.1) is 0 Å². The van der Waals surface area contributed by atoms with Crippen LogP contribution in [0.1, 0.15) is 10.4 Å². The van der Waals surface area contributed by atoms with Crippen LogP contribution in [0.5, 0.6) is 0 Å². The summed E-state index contributed by atoms with van der Waals surface area (Å²) in [7, 11) is 0. The number of carbonyl (C=O) groups is 2. The number of carbonyl (C=O) groups excluding carboxylic acids is 2. The number of H-pyrrole nitrogens is 1. The lowest BCUT2D eigenvalue weighted by atomic mass is 10.1. The van der Waals surface area contributed by atoms with Gasteiger partial charge < -0.3 is 16.0 Å². The van der Waals surface area contributed by atoms with Crippen LogP contribution in [-0.2, 0) is 4.79 Å². The summed E-state index contributed by atoms with van der Waals surface area (Å²) in [5.41, 5.74) is 6.21. The Morgan fingerprint density at radius 3 is 2.88 bits per heavy atom. The molecule has 82 valence electrons. The number of hydrogen-bond donors (Lipinski definition) is 3. The molecule has 0 radical (unpaired) electrons. The fraction of sp³-hybridized carbons (Fsp3) is 0.0909. The number of primary amides is 1. The first-order valence-electron chi connectivity index (χ1n) is 4.81. The Labute approximate surface area is 91.6 Å². The molecule has 2 amide bonds. The minimum absolute atomic E-state index is 0.157. The Kier molecular flexibility index (Phi) is 2.59. The van der Waals surface area contributed by atoms with E-state index in [9.17, 15) is 9.59 Å². The zero-order valence-corrected chi connectivity index (χ0v) is 8.49. The van der Waals surface area contributed by atoms with Crippen molar-refractivity contribution in [1.29, 1.82) is 0 Å². The molecule has 1 aromatic carbocycles. The maximum atomic E-state index is 11.7. The Balaban J connectivity index is 2.29. The molecule has 0 aliphatic rings. The van der Waals surface area contributed by atoms with E-state index in [4.69, 9.17) is 5.73 Å². The van der Waals surface area contributed by atoms with Crippen LogP contribution in [0.4, 0.5) is 0 Å². The number of aromatic nitrogens is 1. The smallest absolute Gasteiger partial charge is 0.253 e. The standard InChI is InChI=1S/C11H11N3O2/c12-9(15)6-14-11(16)8-3-1-2-7-4-5-13-10(7)8/h1-5,13H,6H2,(H2,12,15)(H,14,16). The number of para-hydroxylation sites is 1. The van der Waals surface area contributed by atoms with E-state index in [0.717, 1.165) is 10.9 Å². The molecule has 0 saturated carbocycles. The normalized spacial score (nSPS) is 10.2. The lowest BCUT2D eigenvalue weighted by Gasteiger charge is -2.03. The highest BCUT2D eigenvalue weighted by Gasteiger charge is 2.10. The van der Waals surface area contributed by atoms with Gasteiger partial charge in [0, 0.05) is 11.6 Å². The van der Waals surface area contributed by atoms with Gasteiger partial charge in [-0.1, -0.05) is 12.1 Å². The molecule has 0 saturated heterocycles. The van der Waals surface area contributed by atoms with E-state index in [2.05, 4.69) is 10.3 Å². The van der Waals surface area contributed by atoms with Crippen molar-refractivity contribution in [3.8, 4) is 0 Å². The van der Waals surface area contributed by atoms with Crippen molar-refractivity contribution < 1.29 is 9.59 Å². The molecule has 0 unspecified atom stereocenters. The molecule has 16 heavy (non-hydrogen) atoms. The summed E-state index contributed by atoms with van der Waals surface area (Å²) in [5.74, 6) is -0.876. The summed E-state index contributed by atoms with van der Waals surface area (Å²) >= 11 is 0. The molecule has 4 N–H and O–H groups in total. The van der Waals surface area contributed by atoms with Gasteiger partial charge >= 0.3 is 0 Å². The Morgan fingerprint density at radius 1 is 1.31 bits per heavy atom. The Bertz CT molecular complexity index is 545. The third-order valence-electron chi connectivity index (χ3n) is 2.26. The maximum absolute atomic E-state index is 11.7. The van der Waals surface area contributed by atoms with Crippen LogP contribution < -0.4 is 11.1 Å². The molecule has 2 rings (SSSR count). The first-order valence-corrected chi connectivity index (χ1v) is 4.81. The Morgan fingerprint density at radius 2 is 2.12 bits per heavy atom. The highest BCUT2D eigenvalue weighted by molar-refractivity contribution is 6.06. The number of nitrogens with one attached hydrogen (secondary N) is 2. The first-order chi connectivity index (χ1) is 7.68. The third kappa shape index (κ3) is 1.88. The van der Waals surface area contributed by atoms with Crippen molar-refractivity contribution in [2.24, 2.45) is 5.73 Å². The summed E-state index contributed by atoms with van der Waals surface area (Å²) in [6.07, 6.45) is 1.76. The quantitative estimate of drug-likeness (QED) is 0.694. The van der Waals surface area contributed by atoms with Crippen LogP contribution in [0.25, 0.3) is 10.9 Å². The molecule has 1 aromatic heterocycles. The van der Waals surface area contributed by atoms with E-state index in [1.807, 2.05) is 12.1 Å². The van der Waals surface area contributed by atoms with Crippen LogP contribution in [0.15, 0.2) is 30.5 Å². The van der Waals surface area contributed by atoms with E-state index in [1.165, 1.54) is 0 Å². The first kappa shape index (κ1) is 10.2. The van der Waals surface area contributed by atoms with Crippen molar-refractivity contribution >= 4 is 22.7 Å². The molecule has 0 atom stereocenters. The second kappa shape index (κ2) is 4.06. The molecule has 2 aromatic rings. The van der Waals surface area contributed by atoms with Gasteiger partial charge in [0.15, 0.2) is 0 Å². The lowest BCUT2D eigenvalue weighted by Crippen LogP contribution is -2.33. The molecular formula is C11H11N3O2. The predicted molar refractivity (Wildman–Crippen MR) is 59.8 cm³/mol. The van der Waals surface area contributed by atoms with Crippen molar-refractivity contribution in [3.05, 3.63) is 36.0 Å². The van der Waals surface area contributed by atoms with Gasteiger partial charge in [-0.05, 0) is 12.1 Å².